The fourth-order valence-electron chi connectivity index (χ4n) is 0.0779. The van der Waals surface area contributed by atoms with Crippen LogP contribution in [-0.4, -0.2) is 5.62 Å². The van der Waals surface area contributed by atoms with Crippen molar-refractivity contribution >= 4 is 35.5 Å². The zero-order valence-electron chi connectivity index (χ0n) is 3.73. The SMILES string of the molecule is N[P+](=O)NSSC=O. The van der Waals surface area contributed by atoms with E-state index in [0.29, 0.717) is 5.62 Å². The quantitative estimate of drug-likeness (QED) is 0.213. The fraction of sp³-hybridized carbons (Fsp3) is 0. The van der Waals surface area contributed by atoms with E-state index in [1.54, 1.807) is 0 Å². The first-order valence-electron chi connectivity index (χ1n) is 1.51. The summed E-state index contributed by atoms with van der Waals surface area (Å²) in [6.07, 6.45) is 0. The fourth-order valence-corrected chi connectivity index (χ4v) is 1.75. The number of carbonyl (C=O) groups is 1. The maximum atomic E-state index is 9.98. The van der Waals surface area contributed by atoms with Gasteiger partial charge in [-0.25, -0.2) is 0 Å². The van der Waals surface area contributed by atoms with Crippen LogP contribution in [-0.2, 0) is 9.36 Å². The summed E-state index contributed by atoms with van der Waals surface area (Å²) < 4.78 is 12.3. The average molecular weight is 171 g/mol. The van der Waals surface area contributed by atoms with E-state index in [2.05, 4.69) is 4.49 Å². The highest BCUT2D eigenvalue weighted by molar-refractivity contribution is 8.81. The lowest BCUT2D eigenvalue weighted by Gasteiger charge is -1.77. The van der Waals surface area contributed by atoms with Crippen molar-refractivity contribution in [3.63, 3.8) is 0 Å². The van der Waals surface area contributed by atoms with Crippen molar-refractivity contribution in [3.05, 3.63) is 0 Å². The van der Waals surface area contributed by atoms with Crippen molar-refractivity contribution in [2.24, 2.45) is 5.50 Å². The summed E-state index contributed by atoms with van der Waals surface area (Å²) >= 11 is 0. The van der Waals surface area contributed by atoms with Crippen LogP contribution in [0, 0.1) is 0 Å². The van der Waals surface area contributed by atoms with Crippen LogP contribution in [0.1, 0.15) is 0 Å². The molecule has 0 rings (SSSR count). The van der Waals surface area contributed by atoms with Crippen molar-refractivity contribution < 1.29 is 9.36 Å². The van der Waals surface area contributed by atoms with Crippen molar-refractivity contribution in [3.8, 4) is 0 Å². The lowest BCUT2D eigenvalue weighted by atomic mass is 11.8. The van der Waals surface area contributed by atoms with E-state index in [-0.39, 0.29) is 0 Å². The van der Waals surface area contributed by atoms with E-state index in [1.165, 1.54) is 0 Å². The van der Waals surface area contributed by atoms with Gasteiger partial charge in [0.05, 0.1) is 0 Å². The molecule has 0 saturated heterocycles. The summed E-state index contributed by atoms with van der Waals surface area (Å²) in [6.45, 7) is 0. The molecule has 0 saturated carbocycles. The molecule has 1 atom stereocenters. The number of hydrogen-bond donors (Lipinski definition) is 2. The molecule has 0 radical (unpaired) electrons. The highest BCUT2D eigenvalue weighted by Gasteiger charge is 2.04. The largest absolute Gasteiger partial charge is 0.540 e. The Balaban J connectivity index is 2.93. The Kier molecular flexibility index (Phi) is 5.79. The Labute approximate surface area is 55.4 Å². The molecule has 0 spiro atoms. The summed E-state index contributed by atoms with van der Waals surface area (Å²) in [5.41, 5.74) is 5.40. The molecular weight excluding hydrogens is 167 g/mol. The van der Waals surface area contributed by atoms with Crippen molar-refractivity contribution in [2.75, 3.05) is 0 Å². The first-order valence-corrected chi connectivity index (χ1v) is 5.05. The van der Waals surface area contributed by atoms with Crippen molar-refractivity contribution in [2.45, 2.75) is 0 Å². The van der Waals surface area contributed by atoms with E-state index in [1.807, 2.05) is 0 Å². The molecule has 0 aromatic carbocycles. The van der Waals surface area contributed by atoms with Crippen molar-refractivity contribution in [1.82, 2.24) is 4.49 Å². The van der Waals surface area contributed by atoms with Gasteiger partial charge in [0, 0.05) is 11.0 Å². The standard InChI is InChI=1S/CH4N2O2PS2/c2-6(5)3-8-7-1-4/h1H,(H3,2,3,5)/q+1. The van der Waals surface area contributed by atoms with Gasteiger partial charge in [0.1, 0.15) is 0 Å². The molecule has 4 nitrogen and oxygen atoms in total. The van der Waals surface area contributed by atoms with E-state index in [0.717, 1.165) is 21.8 Å². The highest BCUT2D eigenvalue weighted by Crippen LogP contribution is 2.19. The minimum atomic E-state index is -1.83. The van der Waals surface area contributed by atoms with Crippen LogP contribution in [0.4, 0.5) is 0 Å². The molecule has 0 bridgehead atoms. The van der Waals surface area contributed by atoms with Crippen LogP contribution < -0.4 is 10.00 Å². The van der Waals surface area contributed by atoms with E-state index in [9.17, 15) is 9.36 Å². The second kappa shape index (κ2) is 5.53. The summed E-state index contributed by atoms with van der Waals surface area (Å²) in [4.78, 5) is 9.55. The third kappa shape index (κ3) is 6.39. The van der Waals surface area contributed by atoms with E-state index < -0.39 is 8.10 Å². The summed E-state index contributed by atoms with van der Waals surface area (Å²) in [6, 6.07) is 0. The molecule has 0 aliphatic carbocycles. The Morgan fingerprint density at radius 2 is 2.38 bits per heavy atom. The van der Waals surface area contributed by atoms with Gasteiger partial charge in [-0.2, -0.15) is 0 Å². The Morgan fingerprint density at radius 3 is 2.75 bits per heavy atom. The number of rotatable bonds is 4. The monoisotopic (exact) mass is 171 g/mol. The molecule has 0 amide bonds. The Morgan fingerprint density at radius 1 is 1.75 bits per heavy atom. The average Bonchev–Trinajstić information content (AvgIpc) is 1.66. The molecule has 0 aliphatic heterocycles. The minimum absolute atomic E-state index is 0.622. The van der Waals surface area contributed by atoms with Gasteiger partial charge in [0.15, 0.2) is 5.62 Å². The maximum Gasteiger partial charge on any atom is 0.540 e. The predicted octanol–water partition coefficient (Wildman–Crippen LogP) is 0.679. The number of nitrogens with two attached hydrogens (primary N) is 1. The third-order valence-electron chi connectivity index (χ3n) is 0.215. The van der Waals surface area contributed by atoms with Crippen molar-refractivity contribution in [1.29, 1.82) is 0 Å². The molecule has 3 N–H and O–H groups in total. The van der Waals surface area contributed by atoms with Gasteiger partial charge in [-0.3, -0.25) is 4.79 Å². The molecule has 0 aromatic rings. The molecular formula is CH4N2O2PS2+. The second-order valence-electron chi connectivity index (χ2n) is 0.693. The third-order valence-corrected chi connectivity index (χ3v) is 2.60. The Hall–Kier alpha value is 0.390. The van der Waals surface area contributed by atoms with Crippen LogP contribution in [0.3, 0.4) is 0 Å². The van der Waals surface area contributed by atoms with Crippen LogP contribution in [0.5, 0.6) is 0 Å². The molecule has 0 aliphatic rings. The summed E-state index contributed by atoms with van der Waals surface area (Å²) in [7, 11) is 0.0201. The topological polar surface area (TPSA) is 72.2 Å². The zero-order chi connectivity index (χ0) is 6.41. The van der Waals surface area contributed by atoms with Crippen LogP contribution in [0.2, 0.25) is 0 Å². The smallest absolute Gasteiger partial charge is 0.290 e. The molecule has 0 fully saturated rings. The first kappa shape index (κ1) is 8.39. The van der Waals surface area contributed by atoms with E-state index in [4.69, 9.17) is 5.50 Å². The Bertz CT molecular complexity index is 98.0. The van der Waals surface area contributed by atoms with Gasteiger partial charge < -0.3 is 0 Å². The molecule has 7 heteroatoms. The van der Waals surface area contributed by atoms with Gasteiger partial charge in [0.2, 0.25) is 0 Å². The number of hydrogen-bond acceptors (Lipinski definition) is 4. The van der Waals surface area contributed by atoms with Gasteiger partial charge >= 0.3 is 8.10 Å². The molecule has 46 valence electrons. The lowest BCUT2D eigenvalue weighted by molar-refractivity contribution is 0.570. The number of nitrogens with one attached hydrogen (secondary N) is 1. The maximum absolute atomic E-state index is 9.98. The molecule has 1 unspecified atom stereocenters. The van der Waals surface area contributed by atoms with Gasteiger partial charge in [-0.1, -0.05) is 0 Å². The van der Waals surface area contributed by atoms with Crippen LogP contribution >= 0.6 is 29.9 Å². The first-order chi connectivity index (χ1) is 3.77. The van der Waals surface area contributed by atoms with Gasteiger partial charge in [0.25, 0.3) is 0 Å². The molecule has 0 aromatic heterocycles. The number of carbonyl (C=O) groups excluding carboxylic acids is 1. The van der Waals surface area contributed by atoms with Crippen LogP contribution in [0.15, 0.2) is 0 Å². The summed E-state index contributed by atoms with van der Waals surface area (Å²) in [5.74, 6) is 0. The predicted molar refractivity (Wildman–Crippen MR) is 36.9 cm³/mol. The minimum Gasteiger partial charge on any atom is -0.290 e. The normalized spacial score (nSPS) is 10.9. The summed E-state index contributed by atoms with van der Waals surface area (Å²) in [5, 5.41) is 0. The van der Waals surface area contributed by atoms with E-state index >= 15 is 0 Å². The van der Waals surface area contributed by atoms with Gasteiger partial charge in [-0.15, -0.1) is 5.50 Å². The molecule has 0 heterocycles. The highest BCUT2D eigenvalue weighted by atomic mass is 33.1. The second-order valence-corrected chi connectivity index (χ2v) is 3.70. The van der Waals surface area contributed by atoms with Gasteiger partial charge in [-0.05, 0) is 19.9 Å². The molecule has 8 heavy (non-hydrogen) atoms. The lowest BCUT2D eigenvalue weighted by Crippen LogP contribution is -1.92. The zero-order valence-corrected chi connectivity index (χ0v) is 6.26. The van der Waals surface area contributed by atoms with Crippen LogP contribution in [0.25, 0.3) is 0 Å².